The van der Waals surface area contributed by atoms with Crippen molar-refractivity contribution in [2.75, 3.05) is 10.5 Å². The highest BCUT2D eigenvalue weighted by Gasteiger charge is 2.30. The fourth-order valence-corrected chi connectivity index (χ4v) is 3.47. The number of rotatable bonds is 5. The first kappa shape index (κ1) is 21.6. The highest BCUT2D eigenvalue weighted by Crippen LogP contribution is 2.30. The van der Waals surface area contributed by atoms with Crippen LogP contribution in [0.1, 0.15) is 18.2 Å². The Kier molecular flexibility index (Phi) is 5.71. The molecule has 30 heavy (non-hydrogen) atoms. The van der Waals surface area contributed by atoms with Crippen molar-refractivity contribution < 1.29 is 21.6 Å². The summed E-state index contributed by atoms with van der Waals surface area (Å²) in [4.78, 5) is 12.6. The minimum Gasteiger partial charge on any atom is -0.284 e. The summed E-state index contributed by atoms with van der Waals surface area (Å²) in [6.07, 6.45) is -4.54. The Morgan fingerprint density at radius 2 is 1.77 bits per heavy atom. The van der Waals surface area contributed by atoms with E-state index in [4.69, 9.17) is 0 Å². The second kappa shape index (κ2) is 7.94. The van der Waals surface area contributed by atoms with E-state index >= 15 is 0 Å². The summed E-state index contributed by atoms with van der Waals surface area (Å²) < 4.78 is 65.8. The number of halogens is 3. The highest BCUT2D eigenvalue weighted by atomic mass is 32.2. The van der Waals surface area contributed by atoms with Gasteiger partial charge in [-0.05, 0) is 49.7 Å². The molecule has 1 heterocycles. The van der Waals surface area contributed by atoms with Crippen LogP contribution in [0, 0.1) is 6.92 Å². The predicted molar refractivity (Wildman–Crippen MR) is 108 cm³/mol. The molecule has 0 radical (unpaired) electrons. The molecule has 0 saturated heterocycles. The Hall–Kier alpha value is -3.14. The molecule has 3 rings (SSSR count). The van der Waals surface area contributed by atoms with Gasteiger partial charge in [-0.25, -0.2) is 8.42 Å². The summed E-state index contributed by atoms with van der Waals surface area (Å²) in [5, 5.41) is 4.16. The van der Waals surface area contributed by atoms with Gasteiger partial charge in [-0.2, -0.15) is 23.0 Å². The first-order valence-corrected chi connectivity index (χ1v) is 10.5. The predicted octanol–water partition coefficient (Wildman–Crippen LogP) is 3.99. The topological polar surface area (TPSA) is 81.1 Å². The summed E-state index contributed by atoms with van der Waals surface area (Å²) >= 11 is 0. The molecule has 158 valence electrons. The molecule has 3 aromatic rings. The lowest BCUT2D eigenvalue weighted by Crippen LogP contribution is -2.22. The van der Waals surface area contributed by atoms with Gasteiger partial charge in [-0.1, -0.05) is 18.2 Å². The van der Waals surface area contributed by atoms with Crippen molar-refractivity contribution in [2.24, 2.45) is 0 Å². The van der Waals surface area contributed by atoms with Crippen LogP contribution in [0.3, 0.4) is 0 Å². The molecule has 6 nitrogen and oxygen atoms in total. The Bertz CT molecular complexity index is 1250. The second-order valence-corrected chi connectivity index (χ2v) is 8.54. The number of nitrogens with zero attached hydrogens (tertiary/aromatic N) is 2. The maximum absolute atomic E-state index is 13.0. The van der Waals surface area contributed by atoms with E-state index in [9.17, 15) is 26.4 Å². The lowest BCUT2D eigenvalue weighted by atomic mass is 10.0. The Morgan fingerprint density at radius 3 is 2.43 bits per heavy atom. The van der Waals surface area contributed by atoms with Crippen LogP contribution in [0.15, 0.2) is 59.4 Å². The lowest BCUT2D eigenvalue weighted by molar-refractivity contribution is -0.137. The van der Waals surface area contributed by atoms with Crippen molar-refractivity contribution in [1.29, 1.82) is 0 Å². The number of benzene rings is 2. The average Bonchev–Trinajstić information content (AvgIpc) is 2.69. The third-order valence-electron chi connectivity index (χ3n) is 4.36. The Labute approximate surface area is 171 Å². The summed E-state index contributed by atoms with van der Waals surface area (Å²) in [5.74, 6) is -0.0924. The normalized spacial score (nSPS) is 12.0. The molecule has 2 aromatic carbocycles. The SMILES string of the molecule is CCS(=O)(=O)Nc1cccc(-c2cc(=O)n(-c3cccc(C(F)(F)F)c3)nc2C)c1. The zero-order chi connectivity index (χ0) is 22.1. The van der Waals surface area contributed by atoms with E-state index in [-0.39, 0.29) is 11.4 Å². The van der Waals surface area contributed by atoms with E-state index in [1.807, 2.05) is 0 Å². The zero-order valence-corrected chi connectivity index (χ0v) is 16.9. The molecule has 0 unspecified atom stereocenters. The fraction of sp³-hybridized carbons (Fsp3) is 0.200. The van der Waals surface area contributed by atoms with E-state index in [0.29, 0.717) is 22.5 Å². The van der Waals surface area contributed by atoms with Crippen LogP contribution in [-0.2, 0) is 16.2 Å². The van der Waals surface area contributed by atoms with Crippen LogP contribution in [0.25, 0.3) is 16.8 Å². The van der Waals surface area contributed by atoms with Crippen molar-refractivity contribution in [1.82, 2.24) is 9.78 Å². The van der Waals surface area contributed by atoms with Crippen LogP contribution >= 0.6 is 0 Å². The first-order valence-electron chi connectivity index (χ1n) is 8.90. The number of hydrogen-bond acceptors (Lipinski definition) is 4. The van der Waals surface area contributed by atoms with Crippen LogP contribution in [0.5, 0.6) is 0 Å². The number of aromatic nitrogens is 2. The van der Waals surface area contributed by atoms with Gasteiger partial charge in [0.15, 0.2) is 0 Å². The van der Waals surface area contributed by atoms with Crippen LogP contribution < -0.4 is 10.3 Å². The van der Waals surface area contributed by atoms with Gasteiger partial charge in [0.05, 0.1) is 22.7 Å². The molecule has 0 atom stereocenters. The van der Waals surface area contributed by atoms with Gasteiger partial charge in [0.2, 0.25) is 10.0 Å². The molecule has 0 aliphatic carbocycles. The summed E-state index contributed by atoms with van der Waals surface area (Å²) in [6, 6.07) is 12.0. The molecule has 0 aliphatic rings. The van der Waals surface area contributed by atoms with Crippen LogP contribution in [-0.4, -0.2) is 24.0 Å². The lowest BCUT2D eigenvalue weighted by Gasteiger charge is -2.13. The van der Waals surface area contributed by atoms with Gasteiger partial charge >= 0.3 is 6.18 Å². The van der Waals surface area contributed by atoms with Crippen LogP contribution in [0.2, 0.25) is 0 Å². The number of hydrogen-bond donors (Lipinski definition) is 1. The number of aryl methyl sites for hydroxylation is 1. The molecule has 1 aromatic heterocycles. The van der Waals surface area contributed by atoms with Gasteiger partial charge in [0, 0.05) is 17.3 Å². The minimum absolute atomic E-state index is 0.00562. The third-order valence-corrected chi connectivity index (χ3v) is 5.67. The van der Waals surface area contributed by atoms with Gasteiger partial charge in [0.25, 0.3) is 5.56 Å². The summed E-state index contributed by atoms with van der Waals surface area (Å²) in [7, 11) is -3.47. The Morgan fingerprint density at radius 1 is 1.07 bits per heavy atom. The summed E-state index contributed by atoms with van der Waals surface area (Å²) in [6.45, 7) is 3.12. The highest BCUT2D eigenvalue weighted by molar-refractivity contribution is 7.92. The molecular weight excluding hydrogens is 419 g/mol. The molecule has 0 saturated carbocycles. The molecule has 0 fully saturated rings. The standard InChI is InChI=1S/C20H18F3N3O3S/c1-3-30(28,29)25-16-8-4-6-14(10-16)18-12-19(27)26(24-13(18)2)17-9-5-7-15(11-17)20(21,22)23/h4-12,25H,3H2,1-2H3. The van der Waals surface area contributed by atoms with Crippen molar-refractivity contribution in [3.8, 4) is 16.8 Å². The number of alkyl halides is 3. The van der Waals surface area contributed by atoms with Gasteiger partial charge in [-0.3, -0.25) is 9.52 Å². The Balaban J connectivity index is 2.04. The number of anilines is 1. The molecule has 10 heteroatoms. The van der Waals surface area contributed by atoms with E-state index in [1.54, 1.807) is 31.2 Å². The fourth-order valence-electron chi connectivity index (χ4n) is 2.84. The van der Waals surface area contributed by atoms with E-state index in [2.05, 4.69) is 9.82 Å². The van der Waals surface area contributed by atoms with Crippen molar-refractivity contribution in [3.05, 3.63) is 76.2 Å². The van der Waals surface area contributed by atoms with Crippen molar-refractivity contribution in [3.63, 3.8) is 0 Å². The number of sulfonamides is 1. The second-order valence-electron chi connectivity index (χ2n) is 6.53. The molecule has 0 amide bonds. The van der Waals surface area contributed by atoms with Gasteiger partial charge < -0.3 is 0 Å². The third kappa shape index (κ3) is 4.70. The largest absolute Gasteiger partial charge is 0.416 e. The molecule has 0 aliphatic heterocycles. The maximum Gasteiger partial charge on any atom is 0.416 e. The molecular formula is C20H18F3N3O3S. The molecule has 0 bridgehead atoms. The van der Waals surface area contributed by atoms with E-state index < -0.39 is 27.3 Å². The molecule has 0 spiro atoms. The van der Waals surface area contributed by atoms with Crippen LogP contribution in [0.4, 0.5) is 18.9 Å². The van der Waals surface area contributed by atoms with Gasteiger partial charge in [-0.15, -0.1) is 0 Å². The quantitative estimate of drug-likeness (QED) is 0.655. The summed E-state index contributed by atoms with van der Waals surface area (Å²) in [5.41, 5.74) is 0.207. The van der Waals surface area contributed by atoms with Crippen molar-refractivity contribution in [2.45, 2.75) is 20.0 Å². The van der Waals surface area contributed by atoms with Crippen molar-refractivity contribution >= 4 is 15.7 Å². The number of nitrogens with one attached hydrogen (secondary N) is 1. The first-order chi connectivity index (χ1) is 14.0. The molecule has 1 N–H and O–H groups in total. The van der Waals surface area contributed by atoms with E-state index in [0.717, 1.165) is 16.8 Å². The minimum atomic E-state index is -4.54. The zero-order valence-electron chi connectivity index (χ0n) is 16.1. The van der Waals surface area contributed by atoms with Gasteiger partial charge in [0.1, 0.15) is 0 Å². The monoisotopic (exact) mass is 437 g/mol. The van der Waals surface area contributed by atoms with E-state index in [1.165, 1.54) is 25.1 Å². The maximum atomic E-state index is 13.0. The average molecular weight is 437 g/mol. The smallest absolute Gasteiger partial charge is 0.284 e.